The molecule has 0 aliphatic rings. The lowest BCUT2D eigenvalue weighted by Gasteiger charge is -2.15. The van der Waals surface area contributed by atoms with Crippen molar-refractivity contribution in [3.63, 3.8) is 0 Å². The molecule has 0 radical (unpaired) electrons. The molecule has 0 N–H and O–H groups in total. The average molecular weight is 270 g/mol. The Morgan fingerprint density at radius 1 is 0.947 bits per heavy atom. The Kier molecular flexibility index (Phi) is 4.14. The van der Waals surface area contributed by atoms with E-state index in [9.17, 15) is 0 Å². The van der Waals surface area contributed by atoms with Crippen molar-refractivity contribution in [1.29, 1.82) is 0 Å². The zero-order valence-electron chi connectivity index (χ0n) is 11.1. The number of hydrogen-bond donors (Lipinski definition) is 0. The summed E-state index contributed by atoms with van der Waals surface area (Å²) in [5.74, 6) is 2.81. The summed E-state index contributed by atoms with van der Waals surface area (Å²) < 4.78 is 0. The highest BCUT2D eigenvalue weighted by Crippen LogP contribution is 2.26. The van der Waals surface area contributed by atoms with E-state index in [1.54, 1.807) is 0 Å². The van der Waals surface area contributed by atoms with Gasteiger partial charge in [0.05, 0.1) is 5.92 Å². The first-order valence-corrected chi connectivity index (χ1v) is 6.48. The monoisotopic (exact) mass is 269 g/mol. The van der Waals surface area contributed by atoms with E-state index < -0.39 is 0 Å². The summed E-state index contributed by atoms with van der Waals surface area (Å²) in [6, 6.07) is 16.0. The van der Waals surface area contributed by atoms with Gasteiger partial charge in [-0.1, -0.05) is 41.8 Å². The van der Waals surface area contributed by atoms with E-state index >= 15 is 0 Å². The van der Waals surface area contributed by atoms with Crippen LogP contribution in [0.3, 0.4) is 0 Å². The minimum atomic E-state index is -0.0338. The molecule has 1 nitrogen and oxygen atoms in total. The molecule has 96 valence electrons. The second-order valence-corrected chi connectivity index (χ2v) is 5.07. The Hall–Kier alpha value is -1.91. The lowest BCUT2D eigenvalue weighted by atomic mass is 9.92. The van der Waals surface area contributed by atoms with Crippen LogP contribution in [-0.4, -0.2) is 14.1 Å². The molecule has 0 amide bonds. The van der Waals surface area contributed by atoms with Crippen LogP contribution in [0.1, 0.15) is 17.0 Å². The van der Waals surface area contributed by atoms with E-state index in [1.165, 1.54) is 0 Å². The lowest BCUT2D eigenvalue weighted by molar-refractivity contribution is 1.06. The Morgan fingerprint density at radius 2 is 1.42 bits per heavy atom. The van der Waals surface area contributed by atoms with Crippen LogP contribution in [0.2, 0.25) is 5.02 Å². The molecule has 2 rings (SSSR count). The van der Waals surface area contributed by atoms with Crippen molar-refractivity contribution in [1.82, 2.24) is 0 Å². The Bertz CT molecular complexity index is 576. The minimum absolute atomic E-state index is 0.0338. The SMILES string of the molecule is C#CC(c1ccc(Cl)cc1)c1ccc(N(C)C)cc1. The maximum atomic E-state index is 5.90. The van der Waals surface area contributed by atoms with E-state index in [0.29, 0.717) is 0 Å². The van der Waals surface area contributed by atoms with Gasteiger partial charge in [0.1, 0.15) is 0 Å². The number of anilines is 1. The van der Waals surface area contributed by atoms with Crippen molar-refractivity contribution in [2.75, 3.05) is 19.0 Å². The summed E-state index contributed by atoms with van der Waals surface area (Å²) >= 11 is 5.90. The lowest BCUT2D eigenvalue weighted by Crippen LogP contribution is -2.08. The summed E-state index contributed by atoms with van der Waals surface area (Å²) in [4.78, 5) is 2.07. The van der Waals surface area contributed by atoms with Gasteiger partial charge in [-0.3, -0.25) is 0 Å². The van der Waals surface area contributed by atoms with Crippen LogP contribution in [-0.2, 0) is 0 Å². The molecule has 0 aliphatic carbocycles. The van der Waals surface area contributed by atoms with Gasteiger partial charge in [0.25, 0.3) is 0 Å². The molecule has 0 bridgehead atoms. The van der Waals surface area contributed by atoms with Gasteiger partial charge in [-0.2, -0.15) is 0 Å². The molecule has 2 aromatic carbocycles. The van der Waals surface area contributed by atoms with Crippen molar-refractivity contribution < 1.29 is 0 Å². The summed E-state index contributed by atoms with van der Waals surface area (Å²) in [5.41, 5.74) is 3.37. The summed E-state index contributed by atoms with van der Waals surface area (Å²) in [7, 11) is 4.04. The van der Waals surface area contributed by atoms with E-state index in [4.69, 9.17) is 18.0 Å². The van der Waals surface area contributed by atoms with Crippen LogP contribution in [0.4, 0.5) is 5.69 Å². The maximum Gasteiger partial charge on any atom is 0.0699 e. The second-order valence-electron chi connectivity index (χ2n) is 4.64. The van der Waals surface area contributed by atoms with Gasteiger partial charge in [0, 0.05) is 24.8 Å². The molecular weight excluding hydrogens is 254 g/mol. The van der Waals surface area contributed by atoms with E-state index in [1.807, 2.05) is 38.4 Å². The molecule has 0 aromatic heterocycles. The zero-order valence-corrected chi connectivity index (χ0v) is 11.9. The number of terminal acetylenes is 1. The van der Waals surface area contributed by atoms with Gasteiger partial charge in [-0.15, -0.1) is 6.42 Å². The van der Waals surface area contributed by atoms with Crippen LogP contribution in [0, 0.1) is 12.3 Å². The summed E-state index contributed by atoms with van der Waals surface area (Å²) in [6.07, 6.45) is 5.68. The molecule has 0 heterocycles. The van der Waals surface area contributed by atoms with Gasteiger partial charge in [-0.05, 0) is 35.4 Å². The van der Waals surface area contributed by atoms with Crippen LogP contribution < -0.4 is 4.90 Å². The molecule has 0 spiro atoms. The largest absolute Gasteiger partial charge is 0.378 e. The Morgan fingerprint density at radius 3 is 1.84 bits per heavy atom. The molecule has 0 aliphatic heterocycles. The van der Waals surface area contributed by atoms with E-state index in [0.717, 1.165) is 21.8 Å². The van der Waals surface area contributed by atoms with Crippen molar-refractivity contribution >= 4 is 17.3 Å². The number of halogens is 1. The third kappa shape index (κ3) is 3.10. The molecule has 2 aromatic rings. The topological polar surface area (TPSA) is 3.24 Å². The second kappa shape index (κ2) is 5.82. The van der Waals surface area contributed by atoms with Crippen molar-refractivity contribution in [3.8, 4) is 12.3 Å². The van der Waals surface area contributed by atoms with Gasteiger partial charge < -0.3 is 4.90 Å². The smallest absolute Gasteiger partial charge is 0.0699 e. The number of rotatable bonds is 3. The van der Waals surface area contributed by atoms with Crippen LogP contribution in [0.5, 0.6) is 0 Å². The van der Waals surface area contributed by atoms with Crippen LogP contribution in [0.25, 0.3) is 0 Å². The third-order valence-corrected chi connectivity index (χ3v) is 3.36. The molecule has 0 saturated heterocycles. The first-order valence-electron chi connectivity index (χ1n) is 6.10. The summed E-state index contributed by atoms with van der Waals surface area (Å²) in [6.45, 7) is 0. The first-order chi connectivity index (χ1) is 9.11. The highest BCUT2D eigenvalue weighted by molar-refractivity contribution is 6.30. The average Bonchev–Trinajstić information content (AvgIpc) is 2.42. The molecule has 0 fully saturated rings. The zero-order chi connectivity index (χ0) is 13.8. The standard InChI is InChI=1S/C17H16ClN/c1-4-17(13-5-9-15(18)10-6-13)14-7-11-16(12-8-14)19(2)3/h1,5-12,17H,2-3H3. The quantitative estimate of drug-likeness (QED) is 0.756. The number of hydrogen-bond acceptors (Lipinski definition) is 1. The van der Waals surface area contributed by atoms with Crippen LogP contribution >= 0.6 is 11.6 Å². The fourth-order valence-electron chi connectivity index (χ4n) is 2.01. The molecule has 0 saturated carbocycles. The number of nitrogens with zero attached hydrogens (tertiary/aromatic N) is 1. The molecule has 19 heavy (non-hydrogen) atoms. The van der Waals surface area contributed by atoms with Crippen LogP contribution in [0.15, 0.2) is 48.5 Å². The van der Waals surface area contributed by atoms with Crippen molar-refractivity contribution in [2.24, 2.45) is 0 Å². The van der Waals surface area contributed by atoms with Gasteiger partial charge >= 0.3 is 0 Å². The Labute approximate surface area is 119 Å². The summed E-state index contributed by atoms with van der Waals surface area (Å²) in [5, 5.41) is 0.725. The fourth-order valence-corrected chi connectivity index (χ4v) is 2.13. The molecule has 1 atom stereocenters. The highest BCUT2D eigenvalue weighted by atomic mass is 35.5. The maximum absolute atomic E-state index is 5.90. The fraction of sp³-hybridized carbons (Fsp3) is 0.176. The normalized spacial score (nSPS) is 11.7. The Balaban J connectivity index is 2.32. The first kappa shape index (κ1) is 13.5. The predicted molar refractivity (Wildman–Crippen MR) is 82.9 cm³/mol. The van der Waals surface area contributed by atoms with Gasteiger partial charge in [0.2, 0.25) is 0 Å². The molecule has 2 heteroatoms. The molecular formula is C17H16ClN. The molecule has 1 unspecified atom stereocenters. The highest BCUT2D eigenvalue weighted by Gasteiger charge is 2.11. The van der Waals surface area contributed by atoms with Gasteiger partial charge in [-0.25, -0.2) is 0 Å². The third-order valence-electron chi connectivity index (χ3n) is 3.11. The van der Waals surface area contributed by atoms with E-state index in [2.05, 4.69) is 35.1 Å². The minimum Gasteiger partial charge on any atom is -0.378 e. The number of benzene rings is 2. The predicted octanol–water partition coefficient (Wildman–Crippen LogP) is 4.17. The van der Waals surface area contributed by atoms with E-state index in [-0.39, 0.29) is 5.92 Å². The van der Waals surface area contributed by atoms with Crippen molar-refractivity contribution in [3.05, 3.63) is 64.7 Å². The van der Waals surface area contributed by atoms with Crippen molar-refractivity contribution in [2.45, 2.75) is 5.92 Å². The van der Waals surface area contributed by atoms with Gasteiger partial charge in [0.15, 0.2) is 0 Å².